The van der Waals surface area contributed by atoms with Crippen LogP contribution in [-0.4, -0.2) is 16.2 Å². The Morgan fingerprint density at radius 2 is 1.83 bits per heavy atom. The van der Waals surface area contributed by atoms with Gasteiger partial charge in [-0.05, 0) is 60.9 Å². The predicted molar refractivity (Wildman–Crippen MR) is 123 cm³/mol. The zero-order valence-corrected chi connectivity index (χ0v) is 18.5. The van der Waals surface area contributed by atoms with Crippen molar-refractivity contribution in [2.24, 2.45) is 0 Å². The van der Waals surface area contributed by atoms with Crippen molar-refractivity contribution in [1.29, 1.82) is 0 Å². The third-order valence-corrected chi connectivity index (χ3v) is 6.29. The minimum Gasteiger partial charge on any atom is -0.477 e. The van der Waals surface area contributed by atoms with Crippen LogP contribution in [0.15, 0.2) is 42.5 Å². The number of carboxylic acids is 1. The fourth-order valence-corrected chi connectivity index (χ4v) is 4.43. The number of aromatic carboxylic acids is 1. The summed E-state index contributed by atoms with van der Waals surface area (Å²) in [6.07, 6.45) is 12.2. The molecule has 0 aliphatic heterocycles. The largest absolute Gasteiger partial charge is 0.477 e. The molecule has 1 heterocycles. The summed E-state index contributed by atoms with van der Waals surface area (Å²) in [5.41, 5.74) is 3.87. The zero-order chi connectivity index (χ0) is 21.1. The van der Waals surface area contributed by atoms with Crippen LogP contribution in [0.25, 0.3) is 5.57 Å². The molecule has 0 spiro atoms. The Balaban J connectivity index is 0.000000234. The third kappa shape index (κ3) is 7.79. The van der Waals surface area contributed by atoms with Crippen molar-refractivity contribution in [3.63, 3.8) is 0 Å². The van der Waals surface area contributed by atoms with Gasteiger partial charge in [0.2, 0.25) is 0 Å². The van der Waals surface area contributed by atoms with E-state index in [0.717, 1.165) is 36.1 Å². The zero-order valence-electron chi connectivity index (χ0n) is 17.7. The summed E-state index contributed by atoms with van der Waals surface area (Å²) < 4.78 is 0. The molecule has 1 aromatic heterocycles. The lowest BCUT2D eigenvalue weighted by molar-refractivity contribution is 0.0702. The van der Waals surface area contributed by atoms with Crippen molar-refractivity contribution in [2.45, 2.75) is 77.7 Å². The SMILES string of the molecule is CCCCC[C@@H](O)c1ccc(C2=CCCC2)cc1.CCCc1ccc(C(=O)O)s1. The maximum absolute atomic E-state index is 10.4. The van der Waals surface area contributed by atoms with Gasteiger partial charge in [0.25, 0.3) is 0 Å². The van der Waals surface area contributed by atoms with Gasteiger partial charge in [0.15, 0.2) is 0 Å². The van der Waals surface area contributed by atoms with Crippen LogP contribution in [0.4, 0.5) is 0 Å². The summed E-state index contributed by atoms with van der Waals surface area (Å²) in [4.78, 5) is 12.0. The van der Waals surface area contributed by atoms with Crippen LogP contribution in [0, 0.1) is 0 Å². The molecule has 0 bridgehead atoms. The highest BCUT2D eigenvalue weighted by atomic mass is 32.1. The summed E-state index contributed by atoms with van der Waals surface area (Å²) in [5, 5.41) is 18.7. The standard InChI is InChI=1S/C17H24O.C8H10O2S/c1-2-3-4-9-17(18)16-12-10-15(11-13-16)14-7-5-6-8-14;1-2-3-6-4-5-7(11-6)8(9)10/h7,10-13,17-18H,2-6,8-9H2,1H3;4-5H,2-3H2,1H3,(H,9,10)/t17-;/m1./s1. The number of thiophene rings is 1. The smallest absolute Gasteiger partial charge is 0.345 e. The van der Waals surface area contributed by atoms with Gasteiger partial charge in [0.1, 0.15) is 4.88 Å². The summed E-state index contributed by atoms with van der Waals surface area (Å²) >= 11 is 1.37. The van der Waals surface area contributed by atoms with Crippen LogP contribution in [-0.2, 0) is 6.42 Å². The summed E-state index contributed by atoms with van der Waals surface area (Å²) in [6, 6.07) is 12.1. The Morgan fingerprint density at radius 3 is 2.38 bits per heavy atom. The van der Waals surface area contributed by atoms with Gasteiger partial charge >= 0.3 is 5.97 Å². The van der Waals surface area contributed by atoms with E-state index in [0.29, 0.717) is 4.88 Å². The molecule has 3 rings (SSSR count). The molecule has 4 heteroatoms. The molecule has 2 N–H and O–H groups in total. The lowest BCUT2D eigenvalue weighted by atomic mass is 9.99. The van der Waals surface area contributed by atoms with Crippen LogP contribution in [0.1, 0.15) is 97.0 Å². The maximum Gasteiger partial charge on any atom is 0.345 e. The molecule has 0 unspecified atom stereocenters. The summed E-state index contributed by atoms with van der Waals surface area (Å²) in [5.74, 6) is -0.822. The summed E-state index contributed by atoms with van der Waals surface area (Å²) in [6.45, 7) is 4.27. The van der Waals surface area contributed by atoms with Gasteiger partial charge in [0.05, 0.1) is 6.10 Å². The number of aliphatic hydroxyl groups excluding tert-OH is 1. The van der Waals surface area contributed by atoms with E-state index < -0.39 is 5.97 Å². The highest BCUT2D eigenvalue weighted by molar-refractivity contribution is 7.13. The Labute approximate surface area is 179 Å². The van der Waals surface area contributed by atoms with Gasteiger partial charge in [-0.1, -0.05) is 69.9 Å². The molecule has 1 aliphatic rings. The molecule has 1 aliphatic carbocycles. The number of rotatable bonds is 9. The average Bonchev–Trinajstić information content (AvgIpc) is 3.41. The van der Waals surface area contributed by atoms with Crippen LogP contribution in [0.2, 0.25) is 0 Å². The fourth-order valence-electron chi connectivity index (χ4n) is 3.48. The minimum absolute atomic E-state index is 0.289. The van der Waals surface area contributed by atoms with Crippen LogP contribution >= 0.6 is 11.3 Å². The van der Waals surface area contributed by atoms with E-state index in [4.69, 9.17) is 5.11 Å². The minimum atomic E-state index is -0.822. The second-order valence-corrected chi connectivity index (χ2v) is 8.74. The molecule has 29 heavy (non-hydrogen) atoms. The van der Waals surface area contributed by atoms with Gasteiger partial charge in [-0.3, -0.25) is 0 Å². The topological polar surface area (TPSA) is 57.5 Å². The van der Waals surface area contributed by atoms with Crippen LogP contribution in [0.3, 0.4) is 0 Å². The second kappa shape index (κ2) is 12.6. The molecule has 0 amide bonds. The van der Waals surface area contributed by atoms with E-state index in [1.165, 1.54) is 54.6 Å². The molecule has 1 aromatic carbocycles. The second-order valence-electron chi connectivity index (χ2n) is 7.58. The van der Waals surface area contributed by atoms with Gasteiger partial charge in [-0.2, -0.15) is 0 Å². The number of aryl methyl sites for hydroxylation is 1. The first kappa shape index (κ1) is 23.4. The average molecular weight is 415 g/mol. The van der Waals surface area contributed by atoms with E-state index in [9.17, 15) is 9.90 Å². The van der Waals surface area contributed by atoms with E-state index in [1.54, 1.807) is 6.07 Å². The maximum atomic E-state index is 10.4. The molecule has 0 saturated heterocycles. The van der Waals surface area contributed by atoms with Gasteiger partial charge in [0, 0.05) is 4.88 Å². The normalized spacial score (nSPS) is 14.1. The van der Waals surface area contributed by atoms with Crippen molar-refractivity contribution in [1.82, 2.24) is 0 Å². The highest BCUT2D eigenvalue weighted by Gasteiger charge is 2.10. The molecule has 158 valence electrons. The first-order valence-electron chi connectivity index (χ1n) is 10.8. The number of unbranched alkanes of at least 4 members (excludes halogenated alkanes) is 2. The lowest BCUT2D eigenvalue weighted by Gasteiger charge is -2.11. The Hall–Kier alpha value is -1.91. The quantitative estimate of drug-likeness (QED) is 0.424. The first-order valence-corrected chi connectivity index (χ1v) is 11.7. The Bertz CT molecular complexity index is 774. The molecular formula is C25H34O3S. The Morgan fingerprint density at radius 1 is 1.07 bits per heavy atom. The number of hydrogen-bond donors (Lipinski definition) is 2. The van der Waals surface area contributed by atoms with Crippen LogP contribution < -0.4 is 0 Å². The molecule has 0 radical (unpaired) electrons. The highest BCUT2D eigenvalue weighted by Crippen LogP contribution is 2.29. The summed E-state index contributed by atoms with van der Waals surface area (Å²) in [7, 11) is 0. The predicted octanol–water partition coefficient (Wildman–Crippen LogP) is 7.27. The number of aliphatic hydroxyl groups is 1. The van der Waals surface area contributed by atoms with Crippen molar-refractivity contribution in [2.75, 3.05) is 0 Å². The lowest BCUT2D eigenvalue weighted by Crippen LogP contribution is -1.97. The first-order chi connectivity index (χ1) is 14.0. The fraction of sp³-hybridized carbons (Fsp3) is 0.480. The van der Waals surface area contributed by atoms with Crippen molar-refractivity contribution in [3.05, 3.63) is 63.4 Å². The molecular weight excluding hydrogens is 380 g/mol. The number of benzene rings is 1. The molecule has 2 aromatic rings. The van der Waals surface area contributed by atoms with Crippen molar-refractivity contribution in [3.8, 4) is 0 Å². The molecule has 3 nitrogen and oxygen atoms in total. The van der Waals surface area contributed by atoms with Crippen molar-refractivity contribution < 1.29 is 15.0 Å². The number of carboxylic acid groups (broad SMARTS) is 1. The Kier molecular flexibility index (Phi) is 10.2. The van der Waals surface area contributed by atoms with Gasteiger partial charge < -0.3 is 10.2 Å². The van der Waals surface area contributed by atoms with E-state index >= 15 is 0 Å². The molecule has 1 atom stereocenters. The monoisotopic (exact) mass is 414 g/mol. The van der Waals surface area contributed by atoms with E-state index in [-0.39, 0.29) is 6.10 Å². The number of allylic oxidation sites excluding steroid dienone is 2. The number of carbonyl (C=O) groups is 1. The van der Waals surface area contributed by atoms with E-state index in [1.807, 2.05) is 6.07 Å². The van der Waals surface area contributed by atoms with Gasteiger partial charge in [-0.25, -0.2) is 4.79 Å². The third-order valence-electron chi connectivity index (χ3n) is 5.16. The van der Waals surface area contributed by atoms with E-state index in [2.05, 4.69) is 44.2 Å². The molecule has 0 saturated carbocycles. The molecule has 0 fully saturated rings. The number of hydrogen-bond acceptors (Lipinski definition) is 3. The van der Waals surface area contributed by atoms with Gasteiger partial charge in [-0.15, -0.1) is 11.3 Å². The van der Waals surface area contributed by atoms with Crippen LogP contribution in [0.5, 0.6) is 0 Å². The van der Waals surface area contributed by atoms with Crippen molar-refractivity contribution >= 4 is 22.9 Å².